The molecule has 0 aliphatic heterocycles. The van der Waals surface area contributed by atoms with Crippen molar-refractivity contribution in [2.45, 2.75) is 0 Å². The molecule has 1 amide bonds. The lowest BCUT2D eigenvalue weighted by Crippen LogP contribution is -2.14. The van der Waals surface area contributed by atoms with Crippen LogP contribution in [0.2, 0.25) is 0 Å². The predicted molar refractivity (Wildman–Crippen MR) is 71.3 cm³/mol. The molecular formula is C13H10N6O. The molecule has 0 unspecified atom stereocenters. The van der Waals surface area contributed by atoms with E-state index in [4.69, 9.17) is 0 Å². The van der Waals surface area contributed by atoms with Crippen molar-refractivity contribution in [1.82, 2.24) is 25.2 Å². The van der Waals surface area contributed by atoms with Gasteiger partial charge in [-0.15, -0.1) is 5.10 Å². The SMILES string of the molecule is O=C(Nc1ccccc1-n1ccnn1)c1ccnnc1. The molecule has 7 nitrogen and oxygen atoms in total. The van der Waals surface area contributed by atoms with E-state index in [1.54, 1.807) is 29.2 Å². The zero-order valence-corrected chi connectivity index (χ0v) is 10.3. The van der Waals surface area contributed by atoms with Gasteiger partial charge in [0.05, 0.1) is 41.7 Å². The Balaban J connectivity index is 1.90. The van der Waals surface area contributed by atoms with Crippen LogP contribution in [-0.4, -0.2) is 31.1 Å². The lowest BCUT2D eigenvalue weighted by atomic mass is 10.2. The molecule has 20 heavy (non-hydrogen) atoms. The summed E-state index contributed by atoms with van der Waals surface area (Å²) in [5.41, 5.74) is 1.81. The number of anilines is 1. The number of rotatable bonds is 3. The highest BCUT2D eigenvalue weighted by Crippen LogP contribution is 2.19. The summed E-state index contributed by atoms with van der Waals surface area (Å²) < 4.78 is 1.58. The number of aromatic nitrogens is 5. The van der Waals surface area contributed by atoms with Crippen LogP contribution in [0.1, 0.15) is 10.4 Å². The summed E-state index contributed by atoms with van der Waals surface area (Å²) in [5, 5.41) is 17.8. The fourth-order valence-electron chi connectivity index (χ4n) is 1.74. The molecule has 1 aromatic carbocycles. The zero-order chi connectivity index (χ0) is 13.8. The first-order valence-corrected chi connectivity index (χ1v) is 5.88. The molecule has 7 heteroatoms. The number of nitrogens with zero attached hydrogens (tertiary/aromatic N) is 5. The quantitative estimate of drug-likeness (QED) is 0.772. The number of para-hydroxylation sites is 2. The Bertz CT molecular complexity index is 711. The summed E-state index contributed by atoms with van der Waals surface area (Å²) in [6, 6.07) is 8.93. The Kier molecular flexibility index (Phi) is 3.15. The van der Waals surface area contributed by atoms with Crippen LogP contribution in [0.4, 0.5) is 5.69 Å². The zero-order valence-electron chi connectivity index (χ0n) is 10.3. The van der Waals surface area contributed by atoms with Crippen molar-refractivity contribution in [3.8, 4) is 5.69 Å². The molecule has 0 bridgehead atoms. The topological polar surface area (TPSA) is 85.6 Å². The molecule has 0 aliphatic rings. The predicted octanol–water partition coefficient (Wildman–Crippen LogP) is 1.31. The van der Waals surface area contributed by atoms with Gasteiger partial charge in [-0.3, -0.25) is 4.79 Å². The summed E-state index contributed by atoms with van der Waals surface area (Å²) >= 11 is 0. The van der Waals surface area contributed by atoms with Crippen LogP contribution in [0, 0.1) is 0 Å². The molecule has 0 spiro atoms. The van der Waals surface area contributed by atoms with Gasteiger partial charge in [0.25, 0.3) is 5.91 Å². The van der Waals surface area contributed by atoms with Crippen LogP contribution < -0.4 is 5.32 Å². The number of carbonyl (C=O) groups excluding carboxylic acids is 1. The smallest absolute Gasteiger partial charge is 0.257 e. The van der Waals surface area contributed by atoms with Crippen LogP contribution in [0.5, 0.6) is 0 Å². The van der Waals surface area contributed by atoms with Gasteiger partial charge in [0.2, 0.25) is 0 Å². The summed E-state index contributed by atoms with van der Waals surface area (Å²) in [5.74, 6) is -0.257. The van der Waals surface area contributed by atoms with Crippen molar-refractivity contribution >= 4 is 11.6 Å². The molecule has 2 heterocycles. The maximum absolute atomic E-state index is 12.1. The van der Waals surface area contributed by atoms with Crippen LogP contribution in [-0.2, 0) is 0 Å². The van der Waals surface area contributed by atoms with E-state index in [2.05, 4.69) is 25.8 Å². The van der Waals surface area contributed by atoms with E-state index in [0.717, 1.165) is 5.69 Å². The number of nitrogens with one attached hydrogen (secondary N) is 1. The van der Waals surface area contributed by atoms with Crippen molar-refractivity contribution in [3.05, 3.63) is 60.7 Å². The molecule has 1 N–H and O–H groups in total. The van der Waals surface area contributed by atoms with E-state index in [1.807, 2.05) is 18.2 Å². The molecule has 0 aliphatic carbocycles. The van der Waals surface area contributed by atoms with Crippen molar-refractivity contribution in [1.29, 1.82) is 0 Å². The maximum atomic E-state index is 12.1. The van der Waals surface area contributed by atoms with Gasteiger partial charge in [0.1, 0.15) is 0 Å². The third kappa shape index (κ3) is 2.37. The first kappa shape index (κ1) is 12.0. The Morgan fingerprint density at radius 3 is 2.70 bits per heavy atom. The Hall–Kier alpha value is -3.09. The molecule has 0 saturated carbocycles. The molecule has 3 rings (SSSR count). The van der Waals surface area contributed by atoms with Crippen molar-refractivity contribution < 1.29 is 4.79 Å². The van der Waals surface area contributed by atoms with Gasteiger partial charge in [0, 0.05) is 0 Å². The van der Waals surface area contributed by atoms with Crippen LogP contribution >= 0.6 is 0 Å². The summed E-state index contributed by atoms with van der Waals surface area (Å²) in [7, 11) is 0. The average Bonchev–Trinajstić information content (AvgIpc) is 3.03. The fourth-order valence-corrected chi connectivity index (χ4v) is 1.74. The van der Waals surface area contributed by atoms with E-state index < -0.39 is 0 Å². The first-order valence-electron chi connectivity index (χ1n) is 5.88. The van der Waals surface area contributed by atoms with E-state index in [-0.39, 0.29) is 5.91 Å². The second-order valence-corrected chi connectivity index (χ2v) is 3.95. The standard InChI is InChI=1S/C13H10N6O/c20-13(10-5-6-14-16-9-10)17-11-3-1-2-4-12(11)19-8-7-15-18-19/h1-9H,(H,17,20). The van der Waals surface area contributed by atoms with Gasteiger partial charge < -0.3 is 5.32 Å². The summed E-state index contributed by atoms with van der Waals surface area (Å²) in [6.45, 7) is 0. The van der Waals surface area contributed by atoms with E-state index in [9.17, 15) is 4.79 Å². The van der Waals surface area contributed by atoms with Gasteiger partial charge >= 0.3 is 0 Å². The van der Waals surface area contributed by atoms with Gasteiger partial charge in [-0.05, 0) is 18.2 Å². The van der Waals surface area contributed by atoms with Gasteiger partial charge in [-0.25, -0.2) is 4.68 Å². The van der Waals surface area contributed by atoms with Gasteiger partial charge in [0.15, 0.2) is 0 Å². The van der Waals surface area contributed by atoms with Crippen molar-refractivity contribution in [3.63, 3.8) is 0 Å². The van der Waals surface area contributed by atoms with E-state index in [1.165, 1.54) is 12.4 Å². The van der Waals surface area contributed by atoms with Crippen LogP contribution in [0.3, 0.4) is 0 Å². The van der Waals surface area contributed by atoms with Gasteiger partial charge in [-0.1, -0.05) is 17.3 Å². The maximum Gasteiger partial charge on any atom is 0.257 e. The minimum Gasteiger partial charge on any atom is -0.320 e. The second-order valence-electron chi connectivity index (χ2n) is 3.95. The van der Waals surface area contributed by atoms with E-state index >= 15 is 0 Å². The molecule has 3 aromatic rings. The minimum atomic E-state index is -0.257. The number of carbonyl (C=O) groups is 1. The van der Waals surface area contributed by atoms with Crippen LogP contribution in [0.25, 0.3) is 5.69 Å². The molecule has 2 aromatic heterocycles. The normalized spacial score (nSPS) is 10.2. The number of amides is 1. The molecule has 0 fully saturated rings. The number of hydrogen-bond acceptors (Lipinski definition) is 5. The fraction of sp³-hybridized carbons (Fsp3) is 0. The highest BCUT2D eigenvalue weighted by Gasteiger charge is 2.10. The molecule has 0 saturated heterocycles. The number of hydrogen-bond donors (Lipinski definition) is 1. The van der Waals surface area contributed by atoms with E-state index in [0.29, 0.717) is 11.3 Å². The third-order valence-electron chi connectivity index (χ3n) is 2.67. The molecule has 0 radical (unpaired) electrons. The Labute approximate surface area is 114 Å². The van der Waals surface area contributed by atoms with Gasteiger partial charge in [-0.2, -0.15) is 10.2 Å². The third-order valence-corrected chi connectivity index (χ3v) is 2.67. The lowest BCUT2D eigenvalue weighted by Gasteiger charge is -2.10. The Morgan fingerprint density at radius 1 is 1.05 bits per heavy atom. The highest BCUT2D eigenvalue weighted by molar-refractivity contribution is 6.04. The Morgan fingerprint density at radius 2 is 1.95 bits per heavy atom. The lowest BCUT2D eigenvalue weighted by molar-refractivity contribution is 0.102. The molecular weight excluding hydrogens is 256 g/mol. The molecule has 0 atom stereocenters. The first-order chi connectivity index (χ1) is 9.84. The monoisotopic (exact) mass is 266 g/mol. The second kappa shape index (κ2) is 5.27. The number of benzene rings is 1. The van der Waals surface area contributed by atoms with Crippen molar-refractivity contribution in [2.24, 2.45) is 0 Å². The molecule has 98 valence electrons. The minimum absolute atomic E-state index is 0.257. The van der Waals surface area contributed by atoms with Crippen molar-refractivity contribution in [2.75, 3.05) is 5.32 Å². The van der Waals surface area contributed by atoms with Crippen LogP contribution in [0.15, 0.2) is 55.1 Å². The largest absolute Gasteiger partial charge is 0.320 e. The highest BCUT2D eigenvalue weighted by atomic mass is 16.1. The summed E-state index contributed by atoms with van der Waals surface area (Å²) in [6.07, 6.45) is 6.16. The average molecular weight is 266 g/mol. The summed E-state index contributed by atoms with van der Waals surface area (Å²) in [4.78, 5) is 12.1.